The highest BCUT2D eigenvalue weighted by Crippen LogP contribution is 2.35. The predicted octanol–water partition coefficient (Wildman–Crippen LogP) is 3.98. The molecule has 0 aliphatic rings. The molecule has 4 rings (SSSR count). The third kappa shape index (κ3) is 3.45. The fraction of sp³-hybridized carbons (Fsp3) is 0.158. The molecular formula is C19H16F3N7O. The van der Waals surface area contributed by atoms with Crippen molar-refractivity contribution in [3.63, 3.8) is 0 Å². The van der Waals surface area contributed by atoms with Crippen molar-refractivity contribution in [1.82, 2.24) is 24.8 Å². The Hall–Kier alpha value is -3.89. The van der Waals surface area contributed by atoms with Gasteiger partial charge in [0.25, 0.3) is 0 Å². The first-order chi connectivity index (χ1) is 14.3. The van der Waals surface area contributed by atoms with Gasteiger partial charge in [-0.1, -0.05) is 5.16 Å². The van der Waals surface area contributed by atoms with Crippen LogP contribution in [-0.2, 0) is 5.92 Å². The van der Waals surface area contributed by atoms with E-state index in [2.05, 4.69) is 30.8 Å². The SMILES string of the molecule is C/C(=N/O)c1cc2c(Nc3cc(C)[nH]n3)nc(C(F)(F)c3ccc(F)cc3)nn2c1. The van der Waals surface area contributed by atoms with Crippen LogP contribution in [0, 0.1) is 12.7 Å². The van der Waals surface area contributed by atoms with E-state index in [4.69, 9.17) is 5.21 Å². The average Bonchev–Trinajstić information content (AvgIpc) is 3.33. The quantitative estimate of drug-likeness (QED) is 0.260. The molecule has 3 N–H and O–H groups in total. The number of anilines is 2. The molecule has 0 bridgehead atoms. The van der Waals surface area contributed by atoms with Crippen LogP contribution in [0.1, 0.15) is 29.6 Å². The van der Waals surface area contributed by atoms with Gasteiger partial charge in [-0.15, -0.1) is 5.10 Å². The van der Waals surface area contributed by atoms with Gasteiger partial charge >= 0.3 is 5.92 Å². The Morgan fingerprint density at radius 1 is 1.23 bits per heavy atom. The summed E-state index contributed by atoms with van der Waals surface area (Å²) in [5.41, 5.74) is 1.42. The van der Waals surface area contributed by atoms with E-state index in [-0.39, 0.29) is 11.5 Å². The molecule has 30 heavy (non-hydrogen) atoms. The van der Waals surface area contributed by atoms with Crippen molar-refractivity contribution >= 4 is 22.9 Å². The molecule has 0 atom stereocenters. The predicted molar refractivity (Wildman–Crippen MR) is 103 cm³/mol. The molecule has 8 nitrogen and oxygen atoms in total. The summed E-state index contributed by atoms with van der Waals surface area (Å²) in [5.74, 6) is -4.57. The molecule has 1 aromatic carbocycles. The number of hydrogen-bond donors (Lipinski definition) is 3. The van der Waals surface area contributed by atoms with Gasteiger partial charge in [0, 0.05) is 29.1 Å². The lowest BCUT2D eigenvalue weighted by Gasteiger charge is -2.16. The summed E-state index contributed by atoms with van der Waals surface area (Å²) < 4.78 is 44.6. The molecule has 0 spiro atoms. The first-order valence-corrected chi connectivity index (χ1v) is 8.81. The number of hydrogen-bond acceptors (Lipinski definition) is 6. The average molecular weight is 415 g/mol. The molecule has 0 aliphatic heterocycles. The number of aromatic nitrogens is 5. The van der Waals surface area contributed by atoms with E-state index in [0.29, 0.717) is 16.9 Å². The number of benzene rings is 1. The van der Waals surface area contributed by atoms with Crippen LogP contribution in [0.4, 0.5) is 24.8 Å². The zero-order chi connectivity index (χ0) is 21.5. The van der Waals surface area contributed by atoms with Crippen molar-refractivity contribution in [2.75, 3.05) is 5.32 Å². The normalized spacial score (nSPS) is 12.5. The molecule has 0 saturated heterocycles. The Morgan fingerprint density at radius 2 is 1.97 bits per heavy atom. The molecule has 154 valence electrons. The highest BCUT2D eigenvalue weighted by Gasteiger charge is 2.39. The van der Waals surface area contributed by atoms with Crippen LogP contribution in [-0.4, -0.2) is 35.7 Å². The number of oxime groups is 1. The van der Waals surface area contributed by atoms with Gasteiger partial charge in [-0.25, -0.2) is 13.9 Å². The van der Waals surface area contributed by atoms with E-state index < -0.39 is 23.1 Å². The van der Waals surface area contributed by atoms with Crippen LogP contribution in [0.5, 0.6) is 0 Å². The van der Waals surface area contributed by atoms with Gasteiger partial charge in [0.1, 0.15) is 11.3 Å². The molecule has 11 heteroatoms. The first-order valence-electron chi connectivity index (χ1n) is 8.81. The van der Waals surface area contributed by atoms with E-state index >= 15 is 8.78 Å². The van der Waals surface area contributed by atoms with Crippen molar-refractivity contribution in [3.05, 3.63) is 71.1 Å². The Morgan fingerprint density at radius 3 is 2.60 bits per heavy atom. The van der Waals surface area contributed by atoms with E-state index in [0.717, 1.165) is 30.0 Å². The minimum Gasteiger partial charge on any atom is -0.411 e. The van der Waals surface area contributed by atoms with Crippen LogP contribution in [0.15, 0.2) is 47.8 Å². The lowest BCUT2D eigenvalue weighted by molar-refractivity contribution is 0.0315. The lowest BCUT2D eigenvalue weighted by Crippen LogP contribution is -2.21. The second kappa shape index (κ2) is 7.17. The number of nitrogens with one attached hydrogen (secondary N) is 2. The maximum absolute atomic E-state index is 15.1. The largest absolute Gasteiger partial charge is 0.411 e. The number of aromatic amines is 1. The van der Waals surface area contributed by atoms with Crippen molar-refractivity contribution in [2.24, 2.45) is 5.16 Å². The number of fused-ring (bicyclic) bond motifs is 1. The zero-order valence-electron chi connectivity index (χ0n) is 15.9. The van der Waals surface area contributed by atoms with Gasteiger partial charge in [-0.3, -0.25) is 5.10 Å². The molecule has 0 aliphatic carbocycles. The summed E-state index contributed by atoms with van der Waals surface area (Å²) in [6, 6.07) is 7.13. The maximum Gasteiger partial charge on any atom is 0.333 e. The highest BCUT2D eigenvalue weighted by molar-refractivity contribution is 6.00. The van der Waals surface area contributed by atoms with Gasteiger partial charge in [-0.05, 0) is 44.2 Å². The standard InChI is InChI=1S/C19H16F3N7O/c1-10-7-16(26-25-10)23-17-15-8-12(11(2)28-30)9-29(15)27-18(24-17)19(21,22)13-3-5-14(20)6-4-13/h3-9,30H,1-2H3,(H2,23,24,25,26,27)/b28-11-. The summed E-state index contributed by atoms with van der Waals surface area (Å²) in [6.45, 7) is 3.35. The Kier molecular flexibility index (Phi) is 4.65. The lowest BCUT2D eigenvalue weighted by atomic mass is 10.1. The fourth-order valence-corrected chi connectivity index (χ4v) is 2.87. The monoisotopic (exact) mass is 415 g/mol. The van der Waals surface area contributed by atoms with Crippen LogP contribution >= 0.6 is 0 Å². The van der Waals surface area contributed by atoms with E-state index in [9.17, 15) is 4.39 Å². The minimum atomic E-state index is -3.59. The van der Waals surface area contributed by atoms with E-state index in [1.54, 1.807) is 26.0 Å². The van der Waals surface area contributed by atoms with E-state index in [1.807, 2.05) is 0 Å². The number of H-pyrrole nitrogens is 1. The highest BCUT2D eigenvalue weighted by atomic mass is 19.3. The second-order valence-corrected chi connectivity index (χ2v) is 6.67. The zero-order valence-corrected chi connectivity index (χ0v) is 15.9. The number of alkyl halides is 2. The molecule has 0 fully saturated rings. The van der Waals surface area contributed by atoms with Crippen LogP contribution < -0.4 is 5.32 Å². The molecule has 3 aromatic heterocycles. The molecular weight excluding hydrogens is 399 g/mol. The molecule has 3 heterocycles. The summed E-state index contributed by atoms with van der Waals surface area (Å²) in [6.07, 6.45) is 1.44. The molecule has 0 unspecified atom stereocenters. The molecule has 0 saturated carbocycles. The van der Waals surface area contributed by atoms with Crippen molar-refractivity contribution in [2.45, 2.75) is 19.8 Å². The van der Waals surface area contributed by atoms with Gasteiger partial charge in [0.05, 0.1) is 5.71 Å². The maximum atomic E-state index is 15.1. The van der Waals surface area contributed by atoms with Crippen molar-refractivity contribution < 1.29 is 18.4 Å². The van der Waals surface area contributed by atoms with Gasteiger partial charge in [0.2, 0.25) is 5.82 Å². The minimum absolute atomic E-state index is 0.0743. The third-order valence-corrected chi connectivity index (χ3v) is 4.47. The number of halogens is 3. The van der Waals surface area contributed by atoms with Crippen LogP contribution in [0.3, 0.4) is 0 Å². The molecule has 0 radical (unpaired) electrons. The Labute approximate surface area is 168 Å². The van der Waals surface area contributed by atoms with E-state index in [1.165, 1.54) is 10.7 Å². The Balaban J connectivity index is 1.88. The topological polar surface area (TPSA) is 103 Å². The van der Waals surface area contributed by atoms with Gasteiger partial charge < -0.3 is 10.5 Å². The number of rotatable bonds is 5. The summed E-state index contributed by atoms with van der Waals surface area (Å²) in [7, 11) is 0. The fourth-order valence-electron chi connectivity index (χ4n) is 2.87. The summed E-state index contributed by atoms with van der Waals surface area (Å²) >= 11 is 0. The smallest absolute Gasteiger partial charge is 0.333 e. The number of aryl methyl sites for hydroxylation is 1. The number of nitrogens with zero attached hydrogens (tertiary/aromatic N) is 5. The first kappa shape index (κ1) is 19.4. The summed E-state index contributed by atoms with van der Waals surface area (Å²) in [5, 5.41) is 25.8. The third-order valence-electron chi connectivity index (χ3n) is 4.47. The second-order valence-electron chi connectivity index (χ2n) is 6.67. The molecule has 4 aromatic rings. The van der Waals surface area contributed by atoms with Crippen molar-refractivity contribution in [3.8, 4) is 0 Å². The van der Waals surface area contributed by atoms with Crippen LogP contribution in [0.2, 0.25) is 0 Å². The van der Waals surface area contributed by atoms with Crippen molar-refractivity contribution in [1.29, 1.82) is 0 Å². The Bertz CT molecular complexity index is 1240. The van der Waals surface area contributed by atoms with Crippen LogP contribution in [0.25, 0.3) is 5.52 Å². The molecule has 0 amide bonds. The van der Waals surface area contributed by atoms with Gasteiger partial charge in [-0.2, -0.15) is 13.9 Å². The summed E-state index contributed by atoms with van der Waals surface area (Å²) in [4.78, 5) is 4.03. The van der Waals surface area contributed by atoms with Gasteiger partial charge in [0.15, 0.2) is 11.6 Å².